The molecule has 0 fully saturated rings. The van der Waals surface area contributed by atoms with Gasteiger partial charge in [0.25, 0.3) is 0 Å². The third kappa shape index (κ3) is 15.4. The standard InChI is InChI=1S/C22H34O11/c1-13(2)19(23)30-17(7)11-28-21(25)32-15(5)9-27-10-16(6)33-22(26)29-12-18(8)31-20(24)14(3)4/h15-18H,1,3,9-12H2,2,4-8H3. The van der Waals surface area contributed by atoms with Crippen molar-refractivity contribution in [3.63, 3.8) is 0 Å². The predicted octanol–water partition coefficient (Wildman–Crippen LogP) is 3.10. The minimum atomic E-state index is -0.946. The van der Waals surface area contributed by atoms with Gasteiger partial charge in [-0.2, -0.15) is 0 Å². The smallest absolute Gasteiger partial charge is 0.456 e. The third-order valence-corrected chi connectivity index (χ3v) is 3.49. The molecule has 0 bridgehead atoms. The van der Waals surface area contributed by atoms with Gasteiger partial charge in [0, 0.05) is 11.1 Å². The highest BCUT2D eigenvalue weighted by Crippen LogP contribution is 2.04. The van der Waals surface area contributed by atoms with Crippen molar-refractivity contribution in [1.29, 1.82) is 0 Å². The maximum absolute atomic E-state index is 11.7. The first-order valence-corrected chi connectivity index (χ1v) is 10.3. The predicted molar refractivity (Wildman–Crippen MR) is 115 cm³/mol. The van der Waals surface area contributed by atoms with E-state index in [1.165, 1.54) is 13.8 Å². The zero-order valence-corrected chi connectivity index (χ0v) is 20.0. The van der Waals surface area contributed by atoms with Crippen molar-refractivity contribution in [3.8, 4) is 0 Å². The Morgan fingerprint density at radius 2 is 0.879 bits per heavy atom. The second kappa shape index (κ2) is 15.7. The van der Waals surface area contributed by atoms with Gasteiger partial charge in [-0.15, -0.1) is 0 Å². The van der Waals surface area contributed by atoms with Gasteiger partial charge < -0.3 is 33.2 Å². The highest BCUT2D eigenvalue weighted by atomic mass is 16.7. The van der Waals surface area contributed by atoms with Gasteiger partial charge in [0.2, 0.25) is 0 Å². The lowest BCUT2D eigenvalue weighted by Gasteiger charge is -2.18. The molecule has 4 atom stereocenters. The normalized spacial score (nSPS) is 14.0. The maximum Gasteiger partial charge on any atom is 0.508 e. The average Bonchev–Trinajstić information content (AvgIpc) is 2.70. The Kier molecular flexibility index (Phi) is 14.2. The minimum Gasteiger partial charge on any atom is -0.456 e. The van der Waals surface area contributed by atoms with Crippen molar-refractivity contribution in [1.82, 2.24) is 0 Å². The van der Waals surface area contributed by atoms with Crippen molar-refractivity contribution >= 4 is 24.2 Å². The van der Waals surface area contributed by atoms with Crippen LogP contribution >= 0.6 is 0 Å². The molecule has 0 heterocycles. The fourth-order valence-corrected chi connectivity index (χ4v) is 1.87. The van der Waals surface area contributed by atoms with E-state index in [0.29, 0.717) is 0 Å². The van der Waals surface area contributed by atoms with Crippen LogP contribution in [0.3, 0.4) is 0 Å². The highest BCUT2D eigenvalue weighted by Gasteiger charge is 2.18. The van der Waals surface area contributed by atoms with E-state index in [1.807, 2.05) is 0 Å². The fourth-order valence-electron chi connectivity index (χ4n) is 1.87. The molecule has 11 heteroatoms. The van der Waals surface area contributed by atoms with Gasteiger partial charge in [-0.05, 0) is 41.5 Å². The molecule has 33 heavy (non-hydrogen) atoms. The van der Waals surface area contributed by atoms with Gasteiger partial charge in [0.1, 0.15) is 37.6 Å². The highest BCUT2D eigenvalue weighted by molar-refractivity contribution is 5.87. The molecule has 0 N–H and O–H groups in total. The first-order chi connectivity index (χ1) is 15.3. The molecule has 0 aromatic heterocycles. The number of ether oxygens (including phenoxy) is 7. The Balaban J connectivity index is 4.01. The van der Waals surface area contributed by atoms with E-state index in [-0.39, 0.29) is 37.6 Å². The summed E-state index contributed by atoms with van der Waals surface area (Å²) in [5.74, 6) is -1.16. The summed E-state index contributed by atoms with van der Waals surface area (Å²) in [5.41, 5.74) is 0.473. The van der Waals surface area contributed by atoms with E-state index in [0.717, 1.165) is 0 Å². The molecular weight excluding hydrogens is 440 g/mol. The summed E-state index contributed by atoms with van der Waals surface area (Å²) < 4.78 is 35.0. The summed E-state index contributed by atoms with van der Waals surface area (Å²) in [6.45, 7) is 15.9. The molecule has 0 aliphatic carbocycles. The van der Waals surface area contributed by atoms with Crippen molar-refractivity contribution in [3.05, 3.63) is 24.3 Å². The number of hydrogen-bond donors (Lipinski definition) is 0. The number of esters is 2. The zero-order valence-electron chi connectivity index (χ0n) is 20.0. The van der Waals surface area contributed by atoms with Crippen LogP contribution in [0.5, 0.6) is 0 Å². The molecule has 0 rings (SSSR count). The minimum absolute atomic E-state index is 0.0198. The molecule has 0 saturated heterocycles. The summed E-state index contributed by atoms with van der Waals surface area (Å²) in [4.78, 5) is 46.1. The van der Waals surface area contributed by atoms with Crippen LogP contribution in [0.2, 0.25) is 0 Å². The summed E-state index contributed by atoms with van der Waals surface area (Å²) in [7, 11) is 0. The molecule has 0 amide bonds. The quantitative estimate of drug-likeness (QED) is 0.209. The first kappa shape index (κ1) is 29.9. The van der Waals surface area contributed by atoms with Crippen LogP contribution in [0, 0.1) is 0 Å². The van der Waals surface area contributed by atoms with Crippen molar-refractivity contribution in [2.75, 3.05) is 26.4 Å². The summed E-state index contributed by atoms with van der Waals surface area (Å²) >= 11 is 0. The Labute approximate surface area is 193 Å². The molecule has 0 radical (unpaired) electrons. The van der Waals surface area contributed by atoms with Crippen LogP contribution in [0.4, 0.5) is 9.59 Å². The van der Waals surface area contributed by atoms with Crippen molar-refractivity contribution in [2.24, 2.45) is 0 Å². The Bertz CT molecular complexity index is 642. The van der Waals surface area contributed by atoms with Crippen molar-refractivity contribution in [2.45, 2.75) is 66.0 Å². The van der Waals surface area contributed by atoms with Crippen LogP contribution in [0.1, 0.15) is 41.5 Å². The Morgan fingerprint density at radius 1 is 0.576 bits per heavy atom. The Morgan fingerprint density at radius 3 is 1.18 bits per heavy atom. The topological polar surface area (TPSA) is 133 Å². The molecule has 0 spiro atoms. The fraction of sp³-hybridized carbons (Fsp3) is 0.636. The van der Waals surface area contributed by atoms with Gasteiger partial charge in [0.05, 0.1) is 13.2 Å². The lowest BCUT2D eigenvalue weighted by atomic mass is 10.3. The number of rotatable bonds is 14. The van der Waals surface area contributed by atoms with E-state index in [4.69, 9.17) is 33.2 Å². The van der Waals surface area contributed by atoms with E-state index in [1.54, 1.807) is 27.7 Å². The SMILES string of the molecule is C=C(C)C(=O)OC(C)COC(=O)OC(C)COCC(C)OC(=O)OCC(C)OC(=O)C(=C)C. The zero-order chi connectivity index (χ0) is 25.6. The van der Waals surface area contributed by atoms with Crippen LogP contribution in [0.25, 0.3) is 0 Å². The molecule has 0 aromatic rings. The van der Waals surface area contributed by atoms with Gasteiger partial charge in [-0.3, -0.25) is 0 Å². The van der Waals surface area contributed by atoms with Gasteiger partial charge >= 0.3 is 24.2 Å². The maximum atomic E-state index is 11.7. The average molecular weight is 475 g/mol. The number of carbonyl (C=O) groups is 4. The number of hydrogen-bond acceptors (Lipinski definition) is 11. The summed E-state index contributed by atoms with van der Waals surface area (Å²) in [5, 5.41) is 0. The number of carbonyl (C=O) groups excluding carboxylic acids is 4. The molecule has 0 aliphatic heterocycles. The van der Waals surface area contributed by atoms with E-state index < -0.39 is 48.7 Å². The molecular formula is C22H34O11. The van der Waals surface area contributed by atoms with Crippen molar-refractivity contribution < 1.29 is 52.3 Å². The van der Waals surface area contributed by atoms with E-state index >= 15 is 0 Å². The molecule has 11 nitrogen and oxygen atoms in total. The summed E-state index contributed by atoms with van der Waals surface area (Å²) in [6, 6.07) is 0. The molecule has 0 saturated carbocycles. The van der Waals surface area contributed by atoms with Crippen LogP contribution in [-0.4, -0.2) is 75.1 Å². The third-order valence-electron chi connectivity index (χ3n) is 3.49. The molecule has 188 valence electrons. The van der Waals surface area contributed by atoms with Gasteiger partial charge in [-0.1, -0.05) is 13.2 Å². The first-order valence-electron chi connectivity index (χ1n) is 10.3. The van der Waals surface area contributed by atoms with Crippen LogP contribution in [-0.2, 0) is 42.7 Å². The van der Waals surface area contributed by atoms with Gasteiger partial charge in [-0.25, -0.2) is 19.2 Å². The second-order valence-corrected chi connectivity index (χ2v) is 7.51. The van der Waals surface area contributed by atoms with Gasteiger partial charge in [0.15, 0.2) is 0 Å². The lowest BCUT2D eigenvalue weighted by molar-refractivity contribution is -0.146. The van der Waals surface area contributed by atoms with Crippen LogP contribution < -0.4 is 0 Å². The largest absolute Gasteiger partial charge is 0.508 e. The van der Waals surface area contributed by atoms with E-state index in [9.17, 15) is 19.2 Å². The molecule has 4 unspecified atom stereocenters. The Hall–Kier alpha value is -3.08. The summed E-state index contributed by atoms with van der Waals surface area (Å²) in [6.07, 6.45) is -4.50. The van der Waals surface area contributed by atoms with Crippen LogP contribution in [0.15, 0.2) is 24.3 Å². The lowest BCUT2D eigenvalue weighted by Crippen LogP contribution is -2.28. The molecule has 0 aliphatic rings. The second-order valence-electron chi connectivity index (χ2n) is 7.51. The monoisotopic (exact) mass is 474 g/mol. The van der Waals surface area contributed by atoms with E-state index in [2.05, 4.69) is 13.2 Å². The molecule has 0 aromatic carbocycles.